The number of aliphatic imine (C=N–C) groups is 1. The summed E-state index contributed by atoms with van der Waals surface area (Å²) in [5, 5.41) is 15.0. The molecule has 4 unspecified atom stereocenters. The Morgan fingerprint density at radius 2 is 1.84 bits per heavy atom. The van der Waals surface area contributed by atoms with Crippen LogP contribution in [0.15, 0.2) is 35.3 Å². The smallest absolute Gasteiger partial charge is 0.326 e. The minimum Gasteiger partial charge on any atom is -0.480 e. The molecule has 1 aromatic carbocycles. The van der Waals surface area contributed by atoms with Crippen LogP contribution < -0.4 is 27.8 Å². The fraction of sp³-hybridized carbons (Fsp3) is 0.560. The van der Waals surface area contributed by atoms with Crippen LogP contribution in [0.4, 0.5) is 0 Å². The van der Waals surface area contributed by atoms with Gasteiger partial charge in [0.1, 0.15) is 18.1 Å². The van der Waals surface area contributed by atoms with Crippen LogP contribution >= 0.6 is 11.8 Å². The molecule has 9 N–H and O–H groups in total. The minimum absolute atomic E-state index is 0.0734. The molecular weight excluding hydrogens is 510 g/mol. The number of benzene rings is 1. The molecule has 0 aromatic heterocycles. The fourth-order valence-corrected chi connectivity index (χ4v) is 4.73. The van der Waals surface area contributed by atoms with E-state index in [0.29, 0.717) is 38.0 Å². The van der Waals surface area contributed by atoms with Crippen LogP contribution in [0.2, 0.25) is 0 Å². The third-order valence-electron chi connectivity index (χ3n) is 6.27. The average molecular weight is 550 g/mol. The molecule has 1 heterocycles. The number of hydrogen-bond acceptors (Lipinski definition) is 7. The number of carboxylic acid groups (broad SMARTS) is 1. The molecule has 1 aliphatic rings. The van der Waals surface area contributed by atoms with Gasteiger partial charge in [-0.3, -0.25) is 19.4 Å². The van der Waals surface area contributed by atoms with Crippen molar-refractivity contribution in [2.24, 2.45) is 22.2 Å². The lowest BCUT2D eigenvalue weighted by Gasteiger charge is -2.30. The Morgan fingerprint density at radius 3 is 2.47 bits per heavy atom. The summed E-state index contributed by atoms with van der Waals surface area (Å²) >= 11 is 1.56. The van der Waals surface area contributed by atoms with Crippen molar-refractivity contribution in [3.8, 4) is 0 Å². The Balaban J connectivity index is 2.12. The van der Waals surface area contributed by atoms with E-state index in [1.54, 1.807) is 36.0 Å². The molecule has 1 aromatic rings. The summed E-state index contributed by atoms with van der Waals surface area (Å²) in [4.78, 5) is 56.6. The van der Waals surface area contributed by atoms with Crippen LogP contribution in [0.3, 0.4) is 0 Å². The van der Waals surface area contributed by atoms with Gasteiger partial charge in [0, 0.05) is 19.5 Å². The Morgan fingerprint density at radius 1 is 1.13 bits per heavy atom. The topological polar surface area (TPSA) is 206 Å². The first-order valence-electron chi connectivity index (χ1n) is 12.6. The number of carbonyl (C=O) groups excluding carboxylic acids is 3. The molecule has 1 saturated heterocycles. The summed E-state index contributed by atoms with van der Waals surface area (Å²) in [5.74, 6) is -1.96. The van der Waals surface area contributed by atoms with E-state index in [2.05, 4.69) is 15.6 Å². The van der Waals surface area contributed by atoms with E-state index in [9.17, 15) is 24.3 Å². The van der Waals surface area contributed by atoms with Gasteiger partial charge in [0.15, 0.2) is 5.96 Å². The Kier molecular flexibility index (Phi) is 12.9. The number of guanidine groups is 1. The summed E-state index contributed by atoms with van der Waals surface area (Å²) in [6.07, 6.45) is 4.09. The van der Waals surface area contributed by atoms with Crippen LogP contribution in [0.5, 0.6) is 0 Å². The van der Waals surface area contributed by atoms with Gasteiger partial charge in [-0.05, 0) is 49.7 Å². The number of aliphatic carboxylic acids is 1. The second-order valence-electron chi connectivity index (χ2n) is 9.18. The molecule has 0 saturated carbocycles. The van der Waals surface area contributed by atoms with Crippen LogP contribution in [0.25, 0.3) is 0 Å². The minimum atomic E-state index is -1.16. The van der Waals surface area contributed by atoms with E-state index in [1.807, 2.05) is 12.3 Å². The quantitative estimate of drug-likeness (QED) is 0.0937. The van der Waals surface area contributed by atoms with Gasteiger partial charge in [0.25, 0.3) is 0 Å². The largest absolute Gasteiger partial charge is 0.480 e. The van der Waals surface area contributed by atoms with E-state index in [0.717, 1.165) is 5.56 Å². The number of thioether (sulfide) groups is 1. The zero-order valence-electron chi connectivity index (χ0n) is 21.7. The highest BCUT2D eigenvalue weighted by molar-refractivity contribution is 7.98. The summed E-state index contributed by atoms with van der Waals surface area (Å²) in [5.41, 5.74) is 17.5. The second kappa shape index (κ2) is 15.8. The Hall–Kier alpha value is -3.32. The molecule has 0 bridgehead atoms. The molecule has 12 nitrogen and oxygen atoms in total. The highest BCUT2D eigenvalue weighted by Gasteiger charge is 2.39. The van der Waals surface area contributed by atoms with E-state index >= 15 is 0 Å². The monoisotopic (exact) mass is 549 g/mol. The number of nitrogens with two attached hydrogens (primary N) is 3. The van der Waals surface area contributed by atoms with Gasteiger partial charge >= 0.3 is 5.97 Å². The standard InChI is InChI=1S/C25H39N7O5S/c1-38-14-11-17(26)21(33)30-18(9-5-12-29-25(27)28)23(35)32-13-6-10-20(32)22(34)31-19(24(36)37)15-16-7-3-2-4-8-16/h2-4,7-8,17-20H,5-6,9-15,26H2,1H3,(H,30,33)(H,31,34)(H,36,37)(H4,27,28,29). The number of hydrogen-bond donors (Lipinski definition) is 6. The van der Waals surface area contributed by atoms with Gasteiger partial charge in [-0.15, -0.1) is 0 Å². The number of nitrogens with zero attached hydrogens (tertiary/aromatic N) is 2. The first-order chi connectivity index (χ1) is 18.1. The van der Waals surface area contributed by atoms with Crippen LogP contribution in [0.1, 0.15) is 37.7 Å². The van der Waals surface area contributed by atoms with Crippen molar-refractivity contribution in [1.29, 1.82) is 0 Å². The maximum absolute atomic E-state index is 13.6. The number of nitrogens with one attached hydrogen (secondary N) is 2. The van der Waals surface area contributed by atoms with Crippen molar-refractivity contribution >= 4 is 41.4 Å². The van der Waals surface area contributed by atoms with Gasteiger partial charge in [-0.2, -0.15) is 11.8 Å². The first-order valence-corrected chi connectivity index (χ1v) is 14.0. The van der Waals surface area contributed by atoms with Crippen molar-refractivity contribution in [2.45, 2.75) is 62.7 Å². The molecule has 1 fully saturated rings. The molecule has 0 spiro atoms. The zero-order chi connectivity index (χ0) is 28.1. The highest BCUT2D eigenvalue weighted by Crippen LogP contribution is 2.20. The van der Waals surface area contributed by atoms with Gasteiger partial charge in [-0.1, -0.05) is 30.3 Å². The van der Waals surface area contributed by atoms with Crippen molar-refractivity contribution in [2.75, 3.05) is 25.1 Å². The number of rotatable bonds is 15. The average Bonchev–Trinajstić information content (AvgIpc) is 3.38. The molecule has 4 atom stereocenters. The zero-order valence-corrected chi connectivity index (χ0v) is 22.5. The second-order valence-corrected chi connectivity index (χ2v) is 10.2. The van der Waals surface area contributed by atoms with E-state index in [4.69, 9.17) is 17.2 Å². The van der Waals surface area contributed by atoms with Gasteiger partial charge in [0.05, 0.1) is 6.04 Å². The van der Waals surface area contributed by atoms with Gasteiger partial charge in [0.2, 0.25) is 17.7 Å². The molecule has 1 aliphatic heterocycles. The summed E-state index contributed by atoms with van der Waals surface area (Å²) in [7, 11) is 0. The lowest BCUT2D eigenvalue weighted by molar-refractivity contribution is -0.145. The molecule has 38 heavy (non-hydrogen) atoms. The van der Waals surface area contributed by atoms with Crippen molar-refractivity contribution in [1.82, 2.24) is 15.5 Å². The lowest BCUT2D eigenvalue weighted by atomic mass is 10.0. The fourth-order valence-electron chi connectivity index (χ4n) is 4.24. The molecule has 2 rings (SSSR count). The Bertz CT molecular complexity index is 974. The normalized spacial score (nSPS) is 17.2. The molecular formula is C25H39N7O5S. The molecule has 3 amide bonds. The van der Waals surface area contributed by atoms with Crippen LogP contribution in [-0.4, -0.2) is 88.9 Å². The molecule has 0 radical (unpaired) electrons. The number of likely N-dealkylation sites (tertiary alicyclic amines) is 1. The van der Waals surface area contributed by atoms with E-state index in [1.165, 1.54) is 4.90 Å². The molecule has 210 valence electrons. The number of amides is 3. The third-order valence-corrected chi connectivity index (χ3v) is 6.91. The van der Waals surface area contributed by atoms with E-state index in [-0.39, 0.29) is 25.3 Å². The number of carboxylic acids is 1. The number of carbonyl (C=O) groups is 4. The van der Waals surface area contributed by atoms with Crippen molar-refractivity contribution in [3.05, 3.63) is 35.9 Å². The predicted molar refractivity (Wildman–Crippen MR) is 147 cm³/mol. The first kappa shape index (κ1) is 30.9. The molecule has 0 aliphatic carbocycles. The Labute approximate surface area is 227 Å². The van der Waals surface area contributed by atoms with Crippen molar-refractivity contribution < 1.29 is 24.3 Å². The summed E-state index contributed by atoms with van der Waals surface area (Å²) in [6, 6.07) is 5.29. The SMILES string of the molecule is CSCCC(N)C(=O)NC(CCCN=C(N)N)C(=O)N1CCCC1C(=O)NC(Cc1ccccc1)C(=O)O. The molecule has 13 heteroatoms. The van der Waals surface area contributed by atoms with E-state index < -0.39 is 47.9 Å². The van der Waals surface area contributed by atoms with Gasteiger partial charge in [-0.25, -0.2) is 4.79 Å². The third kappa shape index (κ3) is 9.86. The van der Waals surface area contributed by atoms with Gasteiger partial charge < -0.3 is 37.8 Å². The maximum Gasteiger partial charge on any atom is 0.326 e. The van der Waals surface area contributed by atoms with Crippen LogP contribution in [-0.2, 0) is 25.6 Å². The van der Waals surface area contributed by atoms with Crippen LogP contribution in [0, 0.1) is 0 Å². The predicted octanol–water partition coefficient (Wildman–Crippen LogP) is -0.592. The van der Waals surface area contributed by atoms with Crippen molar-refractivity contribution in [3.63, 3.8) is 0 Å². The highest BCUT2D eigenvalue weighted by atomic mass is 32.2. The maximum atomic E-state index is 13.6. The lowest BCUT2D eigenvalue weighted by Crippen LogP contribution is -2.57. The summed E-state index contributed by atoms with van der Waals surface area (Å²) < 4.78 is 0. The summed E-state index contributed by atoms with van der Waals surface area (Å²) in [6.45, 7) is 0.580.